The van der Waals surface area contributed by atoms with Gasteiger partial charge in [-0.2, -0.15) is 0 Å². The van der Waals surface area contributed by atoms with E-state index in [2.05, 4.69) is 15.3 Å². The van der Waals surface area contributed by atoms with Crippen molar-refractivity contribution in [2.45, 2.75) is 25.3 Å². The first-order valence-electron chi connectivity index (χ1n) is 7.24. The van der Waals surface area contributed by atoms with Gasteiger partial charge >= 0.3 is 5.97 Å². The van der Waals surface area contributed by atoms with E-state index in [-0.39, 0.29) is 25.0 Å². The quantitative estimate of drug-likeness (QED) is 0.629. The van der Waals surface area contributed by atoms with E-state index in [1.165, 1.54) is 12.5 Å². The van der Waals surface area contributed by atoms with Crippen molar-refractivity contribution in [3.63, 3.8) is 0 Å². The standard InChI is InChI=1S/C16H16ClN3O4/c17-11-3-1-10(2-4-11)14(21)5-6-15(22)20-13(16(23)24)7-12-8-18-9-19-12/h1-4,8-9,13H,5-7H2,(H,18,19)(H,20,22)(H,23,24). The number of rotatable bonds is 8. The molecule has 0 radical (unpaired) electrons. The molecule has 0 aliphatic heterocycles. The maximum atomic E-state index is 12.0. The van der Waals surface area contributed by atoms with Gasteiger partial charge in [-0.25, -0.2) is 9.78 Å². The summed E-state index contributed by atoms with van der Waals surface area (Å²) in [5.41, 5.74) is 1.05. The lowest BCUT2D eigenvalue weighted by Crippen LogP contribution is -2.42. The fourth-order valence-electron chi connectivity index (χ4n) is 2.09. The third-order valence-electron chi connectivity index (χ3n) is 3.36. The van der Waals surface area contributed by atoms with Gasteiger partial charge in [-0.15, -0.1) is 0 Å². The summed E-state index contributed by atoms with van der Waals surface area (Å²) in [6.07, 6.45) is 2.91. The number of Topliss-reactive ketones (excluding diaryl/α,β-unsaturated/α-hetero) is 1. The molecule has 2 aromatic rings. The summed E-state index contributed by atoms with van der Waals surface area (Å²) >= 11 is 5.75. The molecule has 1 aromatic heterocycles. The average molecular weight is 350 g/mol. The summed E-state index contributed by atoms with van der Waals surface area (Å²) in [6, 6.07) is 5.28. The van der Waals surface area contributed by atoms with Gasteiger partial charge in [0.2, 0.25) is 5.91 Å². The second-order valence-corrected chi connectivity index (χ2v) is 5.61. The van der Waals surface area contributed by atoms with Crippen LogP contribution in [-0.4, -0.2) is 38.8 Å². The van der Waals surface area contributed by atoms with Crippen molar-refractivity contribution < 1.29 is 19.5 Å². The number of aliphatic carboxylic acids is 1. The number of amides is 1. The van der Waals surface area contributed by atoms with E-state index in [0.29, 0.717) is 16.3 Å². The zero-order valence-electron chi connectivity index (χ0n) is 12.7. The number of hydrogen-bond acceptors (Lipinski definition) is 4. The third kappa shape index (κ3) is 5.20. The van der Waals surface area contributed by atoms with Gasteiger partial charge in [0.25, 0.3) is 0 Å². The molecule has 1 amide bonds. The van der Waals surface area contributed by atoms with Gasteiger partial charge in [0.1, 0.15) is 6.04 Å². The first kappa shape index (κ1) is 17.7. The molecule has 0 saturated heterocycles. The Morgan fingerprint density at radius 1 is 1.21 bits per heavy atom. The maximum Gasteiger partial charge on any atom is 0.326 e. The zero-order valence-corrected chi connectivity index (χ0v) is 13.4. The van der Waals surface area contributed by atoms with Gasteiger partial charge in [-0.1, -0.05) is 11.6 Å². The molecule has 1 atom stereocenters. The lowest BCUT2D eigenvalue weighted by molar-refractivity contribution is -0.141. The Kier molecular flexibility index (Phi) is 6.08. The third-order valence-corrected chi connectivity index (χ3v) is 3.61. The summed E-state index contributed by atoms with van der Waals surface area (Å²) < 4.78 is 0. The van der Waals surface area contributed by atoms with Crippen LogP contribution in [0.2, 0.25) is 5.02 Å². The van der Waals surface area contributed by atoms with Crippen molar-refractivity contribution in [3.8, 4) is 0 Å². The van der Waals surface area contributed by atoms with Crippen molar-refractivity contribution in [1.29, 1.82) is 0 Å². The number of halogens is 1. The second kappa shape index (κ2) is 8.26. The van der Waals surface area contributed by atoms with Gasteiger partial charge in [0.15, 0.2) is 5.78 Å². The number of carboxylic acid groups (broad SMARTS) is 1. The molecule has 1 unspecified atom stereocenters. The number of imidazole rings is 1. The number of H-pyrrole nitrogens is 1. The van der Waals surface area contributed by atoms with Gasteiger partial charge in [0, 0.05) is 41.7 Å². The van der Waals surface area contributed by atoms with Gasteiger partial charge in [0.05, 0.1) is 6.33 Å². The van der Waals surface area contributed by atoms with E-state index < -0.39 is 17.9 Å². The molecule has 0 bridgehead atoms. The van der Waals surface area contributed by atoms with Crippen LogP contribution in [0.4, 0.5) is 0 Å². The van der Waals surface area contributed by atoms with Crippen LogP contribution in [0.25, 0.3) is 0 Å². The molecule has 7 nitrogen and oxygen atoms in total. The molecule has 24 heavy (non-hydrogen) atoms. The Hall–Kier alpha value is -2.67. The van der Waals surface area contributed by atoms with Crippen LogP contribution >= 0.6 is 11.6 Å². The highest BCUT2D eigenvalue weighted by atomic mass is 35.5. The Morgan fingerprint density at radius 3 is 2.50 bits per heavy atom. The number of carbonyl (C=O) groups excluding carboxylic acids is 2. The first-order valence-corrected chi connectivity index (χ1v) is 7.61. The van der Waals surface area contributed by atoms with E-state index >= 15 is 0 Å². The SMILES string of the molecule is O=C(CCC(=O)c1ccc(Cl)cc1)NC(Cc1cnc[nH]1)C(=O)O. The van der Waals surface area contributed by atoms with Crippen LogP contribution in [0.15, 0.2) is 36.8 Å². The number of nitrogens with zero attached hydrogens (tertiary/aromatic N) is 1. The number of hydrogen-bond donors (Lipinski definition) is 3. The predicted octanol–water partition coefficient (Wildman–Crippen LogP) is 1.84. The molecule has 2 rings (SSSR count). The van der Waals surface area contributed by atoms with Crippen LogP contribution in [-0.2, 0) is 16.0 Å². The average Bonchev–Trinajstić information content (AvgIpc) is 3.05. The number of carboxylic acids is 1. The van der Waals surface area contributed by atoms with Crippen molar-refractivity contribution in [2.24, 2.45) is 0 Å². The summed E-state index contributed by atoms with van der Waals surface area (Å²) in [5, 5.41) is 12.1. The topological polar surface area (TPSA) is 112 Å². The molecule has 0 spiro atoms. The molecule has 0 saturated carbocycles. The molecule has 8 heteroatoms. The molecule has 126 valence electrons. The first-order chi connectivity index (χ1) is 11.5. The van der Waals surface area contributed by atoms with E-state index in [0.717, 1.165) is 0 Å². The summed E-state index contributed by atoms with van der Waals surface area (Å²) in [5.74, 6) is -1.85. The number of aromatic amines is 1. The van der Waals surface area contributed by atoms with E-state index in [1.54, 1.807) is 24.3 Å². The van der Waals surface area contributed by atoms with Gasteiger partial charge < -0.3 is 15.4 Å². The number of carbonyl (C=O) groups is 3. The fraction of sp³-hybridized carbons (Fsp3) is 0.250. The Morgan fingerprint density at radius 2 is 1.92 bits per heavy atom. The van der Waals surface area contributed by atoms with Crippen LogP contribution in [0.5, 0.6) is 0 Å². The molecular formula is C16H16ClN3O4. The van der Waals surface area contributed by atoms with Crippen LogP contribution in [0.3, 0.4) is 0 Å². The number of nitrogens with one attached hydrogen (secondary N) is 2. The largest absolute Gasteiger partial charge is 0.480 e. The van der Waals surface area contributed by atoms with Gasteiger partial charge in [-0.05, 0) is 24.3 Å². The van der Waals surface area contributed by atoms with E-state index in [1.807, 2.05) is 0 Å². The van der Waals surface area contributed by atoms with Gasteiger partial charge in [-0.3, -0.25) is 9.59 Å². The maximum absolute atomic E-state index is 12.0. The Bertz CT molecular complexity index is 713. The smallest absolute Gasteiger partial charge is 0.326 e. The monoisotopic (exact) mass is 349 g/mol. The van der Waals surface area contributed by atoms with Crippen LogP contribution < -0.4 is 5.32 Å². The van der Waals surface area contributed by atoms with Crippen molar-refractivity contribution in [1.82, 2.24) is 15.3 Å². The molecular weight excluding hydrogens is 334 g/mol. The second-order valence-electron chi connectivity index (χ2n) is 5.17. The van der Waals surface area contributed by atoms with E-state index in [9.17, 15) is 19.5 Å². The Labute approximate surface area is 143 Å². The van der Waals surface area contributed by atoms with Crippen molar-refractivity contribution in [2.75, 3.05) is 0 Å². The molecule has 0 aliphatic rings. The zero-order chi connectivity index (χ0) is 17.5. The normalized spacial score (nSPS) is 11.7. The number of ketones is 1. The number of benzene rings is 1. The van der Waals surface area contributed by atoms with Crippen molar-refractivity contribution >= 4 is 29.3 Å². The highest BCUT2D eigenvalue weighted by Crippen LogP contribution is 2.12. The molecule has 0 fully saturated rings. The van der Waals surface area contributed by atoms with Crippen LogP contribution in [0.1, 0.15) is 28.9 Å². The molecule has 1 aromatic carbocycles. The summed E-state index contributed by atoms with van der Waals surface area (Å²) in [4.78, 5) is 41.7. The Balaban J connectivity index is 1.85. The van der Waals surface area contributed by atoms with Crippen molar-refractivity contribution in [3.05, 3.63) is 53.1 Å². The highest BCUT2D eigenvalue weighted by molar-refractivity contribution is 6.30. The minimum atomic E-state index is -1.15. The lowest BCUT2D eigenvalue weighted by atomic mass is 10.1. The molecule has 0 aliphatic carbocycles. The minimum Gasteiger partial charge on any atom is -0.480 e. The molecule has 1 heterocycles. The fourth-order valence-corrected chi connectivity index (χ4v) is 2.22. The summed E-state index contributed by atoms with van der Waals surface area (Å²) in [7, 11) is 0. The lowest BCUT2D eigenvalue weighted by Gasteiger charge is -2.13. The minimum absolute atomic E-state index is 0.0101. The molecule has 3 N–H and O–H groups in total. The highest BCUT2D eigenvalue weighted by Gasteiger charge is 2.21. The predicted molar refractivity (Wildman–Crippen MR) is 86.9 cm³/mol. The van der Waals surface area contributed by atoms with E-state index in [4.69, 9.17) is 11.6 Å². The van der Waals surface area contributed by atoms with Crippen LogP contribution in [0, 0.1) is 0 Å². The number of aromatic nitrogens is 2. The summed E-state index contributed by atoms with van der Waals surface area (Å²) in [6.45, 7) is 0.